The molecular weight excluding hydrogens is 392 g/mol. The fraction of sp³-hybridized carbons (Fsp3) is 0.800. The molecule has 0 saturated carbocycles. The van der Waals surface area contributed by atoms with Crippen molar-refractivity contribution in [1.29, 1.82) is 0 Å². The quantitative estimate of drug-likeness (QED) is 0.627. The molecule has 0 N–H and O–H groups in total. The van der Waals surface area contributed by atoms with Crippen molar-refractivity contribution in [3.8, 4) is 0 Å². The minimum atomic E-state index is -3.36. The number of nitrogens with zero attached hydrogens (tertiary/aromatic N) is 4. The molecule has 2 fully saturated rings. The molecule has 1 aromatic rings. The van der Waals surface area contributed by atoms with Crippen LogP contribution in [0.1, 0.15) is 45.2 Å². The average Bonchev–Trinajstić information content (AvgIpc) is 3.15. The van der Waals surface area contributed by atoms with Crippen LogP contribution in [0, 0.1) is 5.92 Å². The minimum absolute atomic E-state index is 0.00714. The summed E-state index contributed by atoms with van der Waals surface area (Å²) in [6, 6.07) is 0. The van der Waals surface area contributed by atoms with Crippen molar-refractivity contribution < 1.29 is 17.9 Å². The molecule has 164 valence electrons. The van der Waals surface area contributed by atoms with Gasteiger partial charge in [0.15, 0.2) is 0 Å². The van der Waals surface area contributed by atoms with Crippen LogP contribution in [0.5, 0.6) is 0 Å². The molecule has 0 radical (unpaired) electrons. The third kappa shape index (κ3) is 5.38. The van der Waals surface area contributed by atoms with Crippen LogP contribution in [0.25, 0.3) is 0 Å². The summed E-state index contributed by atoms with van der Waals surface area (Å²) in [5.41, 5.74) is 0.921. The van der Waals surface area contributed by atoms with E-state index in [1.807, 2.05) is 9.47 Å². The van der Waals surface area contributed by atoms with E-state index in [-0.39, 0.29) is 22.7 Å². The topological polar surface area (TPSA) is 84.7 Å². The Kier molecular flexibility index (Phi) is 7.70. The number of imidazole rings is 1. The molecule has 3 heterocycles. The fourth-order valence-electron chi connectivity index (χ4n) is 4.12. The molecule has 1 amide bonds. The van der Waals surface area contributed by atoms with Gasteiger partial charge in [-0.15, -0.1) is 0 Å². The number of hydrogen-bond acceptors (Lipinski definition) is 6. The number of carbonyl (C=O) groups excluding carboxylic acids is 1. The fourth-order valence-corrected chi connectivity index (χ4v) is 5.14. The highest BCUT2D eigenvalue weighted by atomic mass is 32.2. The molecule has 2 saturated heterocycles. The molecule has 2 aliphatic heterocycles. The SMILES string of the molecule is CCCCn1c(CN2CCC[C@H](C(=O)N3CCOCC3)C2)cnc1S(=O)(=O)CC. The van der Waals surface area contributed by atoms with Gasteiger partial charge in [-0.3, -0.25) is 9.69 Å². The van der Waals surface area contributed by atoms with Gasteiger partial charge in [0.25, 0.3) is 0 Å². The van der Waals surface area contributed by atoms with Crippen LogP contribution in [0.3, 0.4) is 0 Å². The van der Waals surface area contributed by atoms with Crippen molar-refractivity contribution in [2.24, 2.45) is 5.92 Å². The highest BCUT2D eigenvalue weighted by Crippen LogP contribution is 2.23. The van der Waals surface area contributed by atoms with Gasteiger partial charge >= 0.3 is 0 Å². The van der Waals surface area contributed by atoms with Crippen LogP contribution >= 0.6 is 0 Å². The van der Waals surface area contributed by atoms with E-state index in [2.05, 4.69) is 16.8 Å². The zero-order valence-corrected chi connectivity index (χ0v) is 18.5. The van der Waals surface area contributed by atoms with E-state index in [1.54, 1.807) is 13.1 Å². The maximum Gasteiger partial charge on any atom is 0.227 e. The number of sulfone groups is 1. The second kappa shape index (κ2) is 10.0. The van der Waals surface area contributed by atoms with E-state index in [4.69, 9.17) is 4.74 Å². The van der Waals surface area contributed by atoms with E-state index in [0.717, 1.165) is 37.9 Å². The van der Waals surface area contributed by atoms with E-state index in [0.29, 0.717) is 45.9 Å². The first-order valence-electron chi connectivity index (χ1n) is 10.8. The summed E-state index contributed by atoms with van der Waals surface area (Å²) in [5, 5.41) is 0.182. The van der Waals surface area contributed by atoms with Crippen molar-refractivity contribution in [2.75, 3.05) is 45.1 Å². The Hall–Kier alpha value is -1.45. The van der Waals surface area contributed by atoms with Crippen molar-refractivity contribution in [2.45, 2.75) is 57.8 Å². The number of unbranched alkanes of at least 4 members (excludes halogenated alkanes) is 1. The highest BCUT2D eigenvalue weighted by molar-refractivity contribution is 7.91. The van der Waals surface area contributed by atoms with Gasteiger partial charge in [0, 0.05) is 32.7 Å². The van der Waals surface area contributed by atoms with E-state index in [9.17, 15) is 13.2 Å². The lowest BCUT2D eigenvalue weighted by molar-refractivity contribution is -0.141. The van der Waals surface area contributed by atoms with Crippen molar-refractivity contribution in [3.63, 3.8) is 0 Å². The molecule has 1 aromatic heterocycles. The molecule has 1 atom stereocenters. The maximum atomic E-state index is 12.9. The van der Waals surface area contributed by atoms with E-state index in [1.165, 1.54) is 0 Å². The first kappa shape index (κ1) is 22.2. The van der Waals surface area contributed by atoms with Crippen LogP contribution in [0.15, 0.2) is 11.4 Å². The van der Waals surface area contributed by atoms with Gasteiger partial charge in [-0.25, -0.2) is 13.4 Å². The second-order valence-corrected chi connectivity index (χ2v) is 10.1. The summed E-state index contributed by atoms with van der Waals surface area (Å²) in [4.78, 5) is 21.3. The Morgan fingerprint density at radius 3 is 2.69 bits per heavy atom. The molecule has 0 bridgehead atoms. The first-order valence-corrected chi connectivity index (χ1v) is 12.5. The van der Waals surface area contributed by atoms with Gasteiger partial charge in [-0.1, -0.05) is 20.3 Å². The molecule has 0 spiro atoms. The summed E-state index contributed by atoms with van der Waals surface area (Å²) < 4.78 is 32.1. The number of carbonyl (C=O) groups is 1. The number of hydrogen-bond donors (Lipinski definition) is 0. The number of ether oxygens (including phenoxy) is 1. The lowest BCUT2D eigenvalue weighted by Crippen LogP contribution is -2.48. The molecule has 3 rings (SSSR count). The van der Waals surface area contributed by atoms with Gasteiger partial charge in [0.05, 0.1) is 36.8 Å². The molecule has 9 heteroatoms. The van der Waals surface area contributed by atoms with Gasteiger partial charge in [-0.2, -0.15) is 0 Å². The average molecular weight is 427 g/mol. The number of aromatic nitrogens is 2. The first-order chi connectivity index (χ1) is 14.0. The zero-order chi connectivity index (χ0) is 20.9. The van der Waals surface area contributed by atoms with Gasteiger partial charge in [-0.05, 0) is 25.8 Å². The number of morpholine rings is 1. The Labute approximate surface area is 174 Å². The third-order valence-corrected chi connectivity index (χ3v) is 7.50. The molecule has 0 unspecified atom stereocenters. The maximum absolute atomic E-state index is 12.9. The van der Waals surface area contributed by atoms with E-state index < -0.39 is 9.84 Å². The van der Waals surface area contributed by atoms with Gasteiger partial charge in [0.1, 0.15) is 0 Å². The summed E-state index contributed by atoms with van der Waals surface area (Å²) in [6.45, 7) is 9.26. The largest absolute Gasteiger partial charge is 0.378 e. The van der Waals surface area contributed by atoms with E-state index >= 15 is 0 Å². The van der Waals surface area contributed by atoms with Gasteiger partial charge in [0.2, 0.25) is 20.9 Å². The summed E-state index contributed by atoms with van der Waals surface area (Å²) in [6.07, 6.45) is 5.49. The number of rotatable bonds is 8. The van der Waals surface area contributed by atoms with Crippen molar-refractivity contribution in [1.82, 2.24) is 19.4 Å². The van der Waals surface area contributed by atoms with Crippen LogP contribution in [0.2, 0.25) is 0 Å². The Bertz CT molecular complexity index is 786. The van der Waals surface area contributed by atoms with Crippen LogP contribution < -0.4 is 0 Å². The molecule has 0 aromatic carbocycles. The lowest BCUT2D eigenvalue weighted by Gasteiger charge is -2.36. The Morgan fingerprint density at radius 1 is 1.24 bits per heavy atom. The van der Waals surface area contributed by atoms with Crippen molar-refractivity contribution in [3.05, 3.63) is 11.9 Å². The normalized spacial score (nSPS) is 21.4. The van der Waals surface area contributed by atoms with Crippen LogP contribution in [0.4, 0.5) is 0 Å². The zero-order valence-electron chi connectivity index (χ0n) is 17.7. The van der Waals surface area contributed by atoms with Gasteiger partial charge < -0.3 is 14.2 Å². The summed E-state index contributed by atoms with van der Waals surface area (Å²) in [7, 11) is -3.36. The Balaban J connectivity index is 1.71. The monoisotopic (exact) mass is 426 g/mol. The predicted octanol–water partition coefficient (Wildman–Crippen LogP) is 1.55. The second-order valence-electron chi connectivity index (χ2n) is 7.95. The van der Waals surface area contributed by atoms with Crippen molar-refractivity contribution >= 4 is 15.7 Å². The smallest absolute Gasteiger partial charge is 0.227 e. The Morgan fingerprint density at radius 2 is 2.00 bits per heavy atom. The molecule has 29 heavy (non-hydrogen) atoms. The number of piperidine rings is 1. The number of likely N-dealkylation sites (tertiary alicyclic amines) is 1. The predicted molar refractivity (Wildman–Crippen MR) is 110 cm³/mol. The third-order valence-electron chi connectivity index (χ3n) is 5.86. The summed E-state index contributed by atoms with van der Waals surface area (Å²) in [5.74, 6) is 0.287. The minimum Gasteiger partial charge on any atom is -0.378 e. The summed E-state index contributed by atoms with van der Waals surface area (Å²) >= 11 is 0. The number of amides is 1. The molecule has 2 aliphatic rings. The van der Waals surface area contributed by atoms with Crippen LogP contribution in [-0.2, 0) is 32.5 Å². The highest BCUT2D eigenvalue weighted by Gasteiger charge is 2.31. The molecule has 0 aliphatic carbocycles. The standard InChI is InChI=1S/C20H34N4O4S/c1-3-5-9-24-18(14-21-20(24)29(26,27)4-2)16-22-8-6-7-17(15-22)19(25)23-10-12-28-13-11-23/h14,17H,3-13,15-16H2,1-2H3/t17-/m0/s1. The lowest BCUT2D eigenvalue weighted by atomic mass is 9.96. The van der Waals surface area contributed by atoms with Crippen LogP contribution in [-0.4, -0.2) is 78.8 Å². The molecule has 8 nitrogen and oxygen atoms in total. The molecular formula is C20H34N4O4S.